The Morgan fingerprint density at radius 1 is 1.30 bits per heavy atom. The van der Waals surface area contributed by atoms with Crippen molar-refractivity contribution in [3.05, 3.63) is 29.3 Å². The van der Waals surface area contributed by atoms with Crippen LogP contribution < -0.4 is 4.72 Å². The predicted octanol–water partition coefficient (Wildman–Crippen LogP) is 0.861. The van der Waals surface area contributed by atoms with E-state index in [9.17, 15) is 13.5 Å². The maximum Gasteiger partial charge on any atom is 0.240 e. The summed E-state index contributed by atoms with van der Waals surface area (Å²) in [4.78, 5) is 2.48. The highest BCUT2D eigenvalue weighted by molar-refractivity contribution is 7.89. The molecule has 0 unspecified atom stereocenters. The number of aliphatic hydroxyl groups excluding tert-OH is 1. The Balaban J connectivity index is 1.98. The van der Waals surface area contributed by atoms with Gasteiger partial charge in [-0.25, -0.2) is 13.1 Å². The molecule has 112 valence electrons. The van der Waals surface area contributed by atoms with E-state index < -0.39 is 10.0 Å². The smallest absolute Gasteiger partial charge is 0.240 e. The van der Waals surface area contributed by atoms with Crippen molar-refractivity contribution in [2.75, 3.05) is 26.2 Å². The first-order chi connectivity index (χ1) is 9.53. The second kappa shape index (κ2) is 6.67. The molecule has 0 radical (unpaired) electrons. The number of nitrogens with one attached hydrogen (secondary N) is 1. The summed E-state index contributed by atoms with van der Waals surface area (Å²) in [5.41, 5.74) is 1.54. The first kappa shape index (κ1) is 15.4. The average Bonchev–Trinajstić information content (AvgIpc) is 2.92. The van der Waals surface area contributed by atoms with Gasteiger partial charge in [0.1, 0.15) is 0 Å². The monoisotopic (exact) mass is 298 g/mol. The normalized spacial score (nSPS) is 16.7. The van der Waals surface area contributed by atoms with Crippen LogP contribution in [0.2, 0.25) is 0 Å². The maximum absolute atomic E-state index is 12.2. The van der Waals surface area contributed by atoms with E-state index in [4.69, 9.17) is 0 Å². The Morgan fingerprint density at radius 3 is 2.65 bits per heavy atom. The van der Waals surface area contributed by atoms with E-state index in [0.717, 1.165) is 25.2 Å². The van der Waals surface area contributed by atoms with Gasteiger partial charge in [0, 0.05) is 13.1 Å². The second-order valence-corrected chi connectivity index (χ2v) is 6.96. The van der Waals surface area contributed by atoms with Crippen LogP contribution in [0, 0.1) is 6.92 Å². The number of nitrogens with zero attached hydrogens (tertiary/aromatic N) is 1. The van der Waals surface area contributed by atoms with Crippen molar-refractivity contribution in [1.29, 1.82) is 0 Å². The van der Waals surface area contributed by atoms with Gasteiger partial charge in [0.15, 0.2) is 0 Å². The maximum atomic E-state index is 12.2. The molecule has 0 spiro atoms. The highest BCUT2D eigenvalue weighted by Gasteiger charge is 2.16. The van der Waals surface area contributed by atoms with E-state index >= 15 is 0 Å². The first-order valence-corrected chi connectivity index (χ1v) is 8.43. The Morgan fingerprint density at radius 2 is 2.00 bits per heavy atom. The van der Waals surface area contributed by atoms with Gasteiger partial charge in [-0.05, 0) is 56.1 Å². The fraction of sp³-hybridized carbons (Fsp3) is 0.571. The molecule has 2 N–H and O–H groups in total. The number of benzene rings is 1. The molecule has 5 nitrogen and oxygen atoms in total. The number of likely N-dealkylation sites (tertiary alicyclic amines) is 1. The van der Waals surface area contributed by atoms with Gasteiger partial charge in [0.05, 0.1) is 11.5 Å². The molecule has 1 aromatic rings. The van der Waals surface area contributed by atoms with E-state index in [2.05, 4.69) is 9.62 Å². The molecular formula is C14H22N2O3S. The molecule has 20 heavy (non-hydrogen) atoms. The SMILES string of the molecule is Cc1ccc(S(=O)(=O)NCCN2CCCC2)cc1CO. The van der Waals surface area contributed by atoms with Crippen LogP contribution >= 0.6 is 0 Å². The molecule has 0 bridgehead atoms. The number of aliphatic hydroxyl groups is 1. The van der Waals surface area contributed by atoms with Gasteiger partial charge in [-0.3, -0.25) is 0 Å². The molecule has 1 aliphatic rings. The third-order valence-electron chi connectivity index (χ3n) is 3.72. The van der Waals surface area contributed by atoms with Crippen molar-refractivity contribution in [3.63, 3.8) is 0 Å². The number of sulfonamides is 1. The Kier molecular flexibility index (Phi) is 5.15. The van der Waals surface area contributed by atoms with Crippen molar-refractivity contribution < 1.29 is 13.5 Å². The van der Waals surface area contributed by atoms with Crippen molar-refractivity contribution in [2.45, 2.75) is 31.3 Å². The molecule has 1 fully saturated rings. The minimum absolute atomic E-state index is 0.150. The summed E-state index contributed by atoms with van der Waals surface area (Å²) in [5, 5.41) is 9.21. The summed E-state index contributed by atoms with van der Waals surface area (Å²) >= 11 is 0. The fourth-order valence-electron chi connectivity index (χ4n) is 2.41. The zero-order chi connectivity index (χ0) is 14.6. The third kappa shape index (κ3) is 3.79. The average molecular weight is 298 g/mol. The van der Waals surface area contributed by atoms with Crippen LogP contribution in [0.3, 0.4) is 0 Å². The molecule has 1 saturated heterocycles. The summed E-state index contributed by atoms with van der Waals surface area (Å²) < 4.78 is 27.0. The summed E-state index contributed by atoms with van der Waals surface area (Å²) in [5.74, 6) is 0. The van der Waals surface area contributed by atoms with Crippen molar-refractivity contribution in [2.24, 2.45) is 0 Å². The van der Waals surface area contributed by atoms with E-state index in [1.54, 1.807) is 12.1 Å². The highest BCUT2D eigenvalue weighted by Crippen LogP contribution is 2.15. The van der Waals surface area contributed by atoms with E-state index in [1.807, 2.05) is 6.92 Å². The van der Waals surface area contributed by atoms with Gasteiger partial charge in [-0.1, -0.05) is 6.07 Å². The van der Waals surface area contributed by atoms with Crippen molar-refractivity contribution in [1.82, 2.24) is 9.62 Å². The first-order valence-electron chi connectivity index (χ1n) is 6.95. The highest BCUT2D eigenvalue weighted by atomic mass is 32.2. The second-order valence-electron chi connectivity index (χ2n) is 5.19. The van der Waals surface area contributed by atoms with Crippen LogP contribution in [-0.2, 0) is 16.6 Å². The minimum atomic E-state index is -3.49. The van der Waals surface area contributed by atoms with Gasteiger partial charge in [0.25, 0.3) is 0 Å². The Hall–Kier alpha value is -0.950. The molecular weight excluding hydrogens is 276 g/mol. The quantitative estimate of drug-likeness (QED) is 0.817. The van der Waals surface area contributed by atoms with Crippen LogP contribution in [0.25, 0.3) is 0 Å². The third-order valence-corrected chi connectivity index (χ3v) is 5.18. The van der Waals surface area contributed by atoms with Gasteiger partial charge >= 0.3 is 0 Å². The van der Waals surface area contributed by atoms with Crippen molar-refractivity contribution in [3.8, 4) is 0 Å². The summed E-state index contributed by atoms with van der Waals surface area (Å²) in [7, 11) is -3.49. The van der Waals surface area contributed by atoms with Crippen LogP contribution in [0.5, 0.6) is 0 Å². The molecule has 0 saturated carbocycles. The summed E-state index contributed by atoms with van der Waals surface area (Å²) in [6.45, 7) is 4.98. The van der Waals surface area contributed by atoms with Crippen LogP contribution in [0.15, 0.2) is 23.1 Å². The minimum Gasteiger partial charge on any atom is -0.392 e. The number of hydrogen-bond acceptors (Lipinski definition) is 4. The number of hydrogen-bond donors (Lipinski definition) is 2. The topological polar surface area (TPSA) is 69.6 Å². The molecule has 1 aromatic carbocycles. The lowest BCUT2D eigenvalue weighted by molar-refractivity contribution is 0.280. The Bertz CT molecular complexity index is 552. The summed E-state index contributed by atoms with van der Waals surface area (Å²) in [6.07, 6.45) is 2.40. The van der Waals surface area contributed by atoms with Gasteiger partial charge < -0.3 is 10.0 Å². The molecule has 1 heterocycles. The van der Waals surface area contributed by atoms with E-state index in [-0.39, 0.29) is 11.5 Å². The Labute approximate surface area is 120 Å². The van der Waals surface area contributed by atoms with Gasteiger partial charge in [0.2, 0.25) is 10.0 Å². The molecule has 1 aliphatic heterocycles. The zero-order valence-corrected chi connectivity index (χ0v) is 12.6. The number of rotatable bonds is 6. The van der Waals surface area contributed by atoms with Gasteiger partial charge in [-0.2, -0.15) is 0 Å². The van der Waals surface area contributed by atoms with E-state index in [1.165, 1.54) is 18.9 Å². The molecule has 0 amide bonds. The standard InChI is InChI=1S/C14H22N2O3S/c1-12-4-5-14(10-13(12)11-17)20(18,19)15-6-9-16-7-2-3-8-16/h4-5,10,15,17H,2-3,6-9,11H2,1H3. The molecule has 6 heteroatoms. The van der Waals surface area contributed by atoms with Crippen LogP contribution in [0.1, 0.15) is 24.0 Å². The van der Waals surface area contributed by atoms with E-state index in [0.29, 0.717) is 12.1 Å². The summed E-state index contributed by atoms with van der Waals surface area (Å²) in [6, 6.07) is 4.83. The largest absolute Gasteiger partial charge is 0.392 e. The van der Waals surface area contributed by atoms with Crippen molar-refractivity contribution >= 4 is 10.0 Å². The lowest BCUT2D eigenvalue weighted by Gasteiger charge is -2.15. The van der Waals surface area contributed by atoms with Crippen LogP contribution in [0.4, 0.5) is 0 Å². The zero-order valence-electron chi connectivity index (χ0n) is 11.8. The lowest BCUT2D eigenvalue weighted by atomic mass is 10.1. The molecule has 0 aromatic heterocycles. The fourth-order valence-corrected chi connectivity index (χ4v) is 3.48. The molecule has 0 aliphatic carbocycles. The molecule has 0 atom stereocenters. The number of aryl methyl sites for hydroxylation is 1. The lowest BCUT2D eigenvalue weighted by Crippen LogP contribution is -2.33. The van der Waals surface area contributed by atoms with Gasteiger partial charge in [-0.15, -0.1) is 0 Å². The molecule has 2 rings (SSSR count). The predicted molar refractivity (Wildman–Crippen MR) is 78.0 cm³/mol. The van der Waals surface area contributed by atoms with Crippen LogP contribution in [-0.4, -0.2) is 44.6 Å².